The molecule has 0 saturated heterocycles. The van der Waals surface area contributed by atoms with Gasteiger partial charge in [0.05, 0.1) is 22.9 Å². The zero-order valence-corrected chi connectivity index (χ0v) is 9.63. The average Bonchev–Trinajstić information content (AvgIpc) is 2.25. The van der Waals surface area contributed by atoms with Gasteiger partial charge in [0.15, 0.2) is 0 Å². The van der Waals surface area contributed by atoms with Gasteiger partial charge in [-0.25, -0.2) is 0 Å². The first-order valence-electron chi connectivity index (χ1n) is 5.25. The number of fused-ring (bicyclic) bond motifs is 1. The molecular formula is C11H14ClN3O. The summed E-state index contributed by atoms with van der Waals surface area (Å²) in [5.74, 6) is -0.00760. The van der Waals surface area contributed by atoms with E-state index in [9.17, 15) is 4.79 Å². The highest BCUT2D eigenvalue weighted by molar-refractivity contribution is 6.34. The SMILES string of the molecule is NCCCN1CC(=O)Nc2cccc(Cl)c21. The second-order valence-corrected chi connectivity index (χ2v) is 4.16. The molecule has 86 valence electrons. The van der Waals surface area contributed by atoms with E-state index < -0.39 is 0 Å². The van der Waals surface area contributed by atoms with Gasteiger partial charge in [-0.05, 0) is 25.1 Å². The van der Waals surface area contributed by atoms with Gasteiger partial charge in [-0.1, -0.05) is 17.7 Å². The van der Waals surface area contributed by atoms with E-state index in [-0.39, 0.29) is 5.91 Å². The molecule has 5 heteroatoms. The molecule has 1 amide bonds. The van der Waals surface area contributed by atoms with Crippen molar-refractivity contribution in [3.63, 3.8) is 0 Å². The number of nitrogens with two attached hydrogens (primary N) is 1. The van der Waals surface area contributed by atoms with Gasteiger partial charge in [0.25, 0.3) is 0 Å². The van der Waals surface area contributed by atoms with Crippen molar-refractivity contribution >= 4 is 28.9 Å². The van der Waals surface area contributed by atoms with Gasteiger partial charge in [-0.15, -0.1) is 0 Å². The third-order valence-electron chi connectivity index (χ3n) is 2.54. The minimum absolute atomic E-state index is 0.00760. The Bertz CT molecular complexity index is 408. The summed E-state index contributed by atoms with van der Waals surface area (Å²) in [7, 11) is 0. The Morgan fingerprint density at radius 1 is 1.50 bits per heavy atom. The molecule has 16 heavy (non-hydrogen) atoms. The molecule has 0 radical (unpaired) electrons. The number of nitrogens with zero attached hydrogens (tertiary/aromatic N) is 1. The molecule has 0 spiro atoms. The highest BCUT2D eigenvalue weighted by Crippen LogP contribution is 2.36. The minimum atomic E-state index is -0.00760. The summed E-state index contributed by atoms with van der Waals surface area (Å²) in [6.07, 6.45) is 0.845. The molecule has 1 aliphatic heterocycles. The number of nitrogens with one attached hydrogen (secondary N) is 1. The number of benzene rings is 1. The van der Waals surface area contributed by atoms with Crippen LogP contribution >= 0.6 is 11.6 Å². The predicted molar refractivity (Wildman–Crippen MR) is 66.0 cm³/mol. The minimum Gasteiger partial charge on any atom is -0.359 e. The maximum Gasteiger partial charge on any atom is 0.243 e. The van der Waals surface area contributed by atoms with Crippen LogP contribution in [0.4, 0.5) is 11.4 Å². The largest absolute Gasteiger partial charge is 0.359 e. The van der Waals surface area contributed by atoms with Gasteiger partial charge in [-0.3, -0.25) is 4.79 Å². The smallest absolute Gasteiger partial charge is 0.243 e. The molecule has 1 aromatic rings. The fourth-order valence-corrected chi connectivity index (χ4v) is 2.15. The first kappa shape index (κ1) is 11.2. The number of carbonyl (C=O) groups is 1. The highest BCUT2D eigenvalue weighted by atomic mass is 35.5. The van der Waals surface area contributed by atoms with Crippen LogP contribution in [0.3, 0.4) is 0 Å². The Balaban J connectivity index is 2.32. The van der Waals surface area contributed by atoms with Gasteiger partial charge in [0.1, 0.15) is 0 Å². The molecule has 1 heterocycles. The molecule has 0 unspecified atom stereocenters. The van der Waals surface area contributed by atoms with Crippen LogP contribution in [0.5, 0.6) is 0 Å². The number of para-hydroxylation sites is 1. The molecule has 1 aromatic carbocycles. The molecule has 2 rings (SSSR count). The maximum atomic E-state index is 11.5. The summed E-state index contributed by atoms with van der Waals surface area (Å²) < 4.78 is 0. The lowest BCUT2D eigenvalue weighted by molar-refractivity contribution is -0.115. The molecule has 0 aromatic heterocycles. The number of halogens is 1. The zero-order chi connectivity index (χ0) is 11.5. The van der Waals surface area contributed by atoms with E-state index >= 15 is 0 Å². The van der Waals surface area contributed by atoms with E-state index in [2.05, 4.69) is 5.32 Å². The van der Waals surface area contributed by atoms with E-state index in [0.717, 1.165) is 24.3 Å². The van der Waals surface area contributed by atoms with Crippen LogP contribution in [0.1, 0.15) is 6.42 Å². The summed E-state index contributed by atoms with van der Waals surface area (Å²) in [6, 6.07) is 5.51. The van der Waals surface area contributed by atoms with Crippen molar-refractivity contribution in [1.29, 1.82) is 0 Å². The quantitative estimate of drug-likeness (QED) is 0.840. The number of carbonyl (C=O) groups excluding carboxylic acids is 1. The van der Waals surface area contributed by atoms with Crippen molar-refractivity contribution in [2.24, 2.45) is 5.73 Å². The number of hydrogen-bond donors (Lipinski definition) is 2. The van der Waals surface area contributed by atoms with Crippen molar-refractivity contribution in [2.75, 3.05) is 29.9 Å². The van der Waals surface area contributed by atoms with E-state index in [4.69, 9.17) is 17.3 Å². The van der Waals surface area contributed by atoms with Gasteiger partial charge < -0.3 is 16.0 Å². The monoisotopic (exact) mass is 239 g/mol. The summed E-state index contributed by atoms with van der Waals surface area (Å²) in [5, 5.41) is 3.47. The Labute approximate surface area is 99.4 Å². The predicted octanol–water partition coefficient (Wildman–Crippen LogP) is 1.45. The number of hydrogen-bond acceptors (Lipinski definition) is 3. The number of amides is 1. The van der Waals surface area contributed by atoms with E-state index in [1.807, 2.05) is 23.1 Å². The Morgan fingerprint density at radius 3 is 3.06 bits per heavy atom. The molecule has 0 atom stereocenters. The van der Waals surface area contributed by atoms with Crippen molar-refractivity contribution in [3.8, 4) is 0 Å². The van der Waals surface area contributed by atoms with Crippen LogP contribution in [0.25, 0.3) is 0 Å². The van der Waals surface area contributed by atoms with E-state index in [1.54, 1.807) is 0 Å². The van der Waals surface area contributed by atoms with Gasteiger partial charge in [0, 0.05) is 6.54 Å². The normalized spacial score (nSPS) is 14.6. The topological polar surface area (TPSA) is 58.4 Å². The van der Waals surface area contributed by atoms with Gasteiger partial charge in [0.2, 0.25) is 5.91 Å². The molecule has 4 nitrogen and oxygen atoms in total. The van der Waals surface area contributed by atoms with Crippen molar-refractivity contribution in [3.05, 3.63) is 23.2 Å². The third-order valence-corrected chi connectivity index (χ3v) is 2.85. The van der Waals surface area contributed by atoms with Crippen LogP contribution in [-0.2, 0) is 4.79 Å². The second-order valence-electron chi connectivity index (χ2n) is 3.75. The van der Waals surface area contributed by atoms with E-state index in [0.29, 0.717) is 18.1 Å². The fraction of sp³-hybridized carbons (Fsp3) is 0.364. The van der Waals surface area contributed by atoms with Crippen LogP contribution in [0.15, 0.2) is 18.2 Å². The lowest BCUT2D eigenvalue weighted by Gasteiger charge is -2.31. The third kappa shape index (κ3) is 2.13. The maximum absolute atomic E-state index is 11.5. The Morgan fingerprint density at radius 2 is 2.31 bits per heavy atom. The number of rotatable bonds is 3. The lowest BCUT2D eigenvalue weighted by Crippen LogP contribution is -2.39. The average molecular weight is 240 g/mol. The zero-order valence-electron chi connectivity index (χ0n) is 8.87. The first-order valence-corrected chi connectivity index (χ1v) is 5.63. The van der Waals surface area contributed by atoms with Gasteiger partial charge >= 0.3 is 0 Å². The summed E-state index contributed by atoms with van der Waals surface area (Å²) >= 11 is 6.14. The molecule has 0 bridgehead atoms. The van der Waals surface area contributed by atoms with Crippen molar-refractivity contribution in [1.82, 2.24) is 0 Å². The fourth-order valence-electron chi connectivity index (χ4n) is 1.85. The molecule has 0 saturated carbocycles. The molecular weight excluding hydrogens is 226 g/mol. The highest BCUT2D eigenvalue weighted by Gasteiger charge is 2.23. The van der Waals surface area contributed by atoms with Crippen LogP contribution in [0, 0.1) is 0 Å². The van der Waals surface area contributed by atoms with Crippen molar-refractivity contribution in [2.45, 2.75) is 6.42 Å². The second kappa shape index (κ2) is 4.72. The standard InChI is InChI=1S/C11H14ClN3O/c12-8-3-1-4-9-11(8)15(6-2-5-13)7-10(16)14-9/h1,3-4H,2,5-7,13H2,(H,14,16). The Hall–Kier alpha value is -1.26. The van der Waals surface area contributed by atoms with Crippen molar-refractivity contribution < 1.29 is 4.79 Å². The summed E-state index contributed by atoms with van der Waals surface area (Å²) in [4.78, 5) is 13.5. The molecule has 3 N–H and O–H groups in total. The van der Waals surface area contributed by atoms with Crippen LogP contribution in [-0.4, -0.2) is 25.5 Å². The number of anilines is 2. The molecule has 0 fully saturated rings. The van der Waals surface area contributed by atoms with Gasteiger partial charge in [-0.2, -0.15) is 0 Å². The molecule has 0 aliphatic carbocycles. The summed E-state index contributed by atoms with van der Waals surface area (Å²) in [5.41, 5.74) is 7.16. The van der Waals surface area contributed by atoms with E-state index in [1.165, 1.54) is 0 Å². The first-order chi connectivity index (χ1) is 7.72. The molecule has 1 aliphatic rings. The van der Waals surface area contributed by atoms with Crippen LogP contribution in [0.2, 0.25) is 5.02 Å². The Kier molecular flexibility index (Phi) is 3.31. The van der Waals surface area contributed by atoms with Crippen LogP contribution < -0.4 is 16.0 Å². The lowest BCUT2D eigenvalue weighted by atomic mass is 10.2. The summed E-state index contributed by atoms with van der Waals surface area (Å²) in [6.45, 7) is 1.70.